The number of phosphoric ester groups is 1. The first kappa shape index (κ1) is 85.9. The van der Waals surface area contributed by atoms with Crippen LogP contribution < -0.4 is 40.6 Å². The van der Waals surface area contributed by atoms with Crippen molar-refractivity contribution in [3.63, 3.8) is 0 Å². The lowest BCUT2D eigenvalue weighted by Crippen LogP contribution is -2.52. The van der Waals surface area contributed by atoms with Crippen LogP contribution in [0.25, 0.3) is 10.9 Å². The lowest BCUT2D eigenvalue weighted by atomic mass is 10.0. The van der Waals surface area contributed by atoms with E-state index in [1.807, 2.05) is 4.68 Å². The molecule has 4 amide bonds. The molecule has 0 radical (unpaired) electrons. The van der Waals surface area contributed by atoms with Crippen molar-refractivity contribution >= 4 is 82.2 Å². The standard InChI is InChI=1S/C39H56N8O10S.C27H43N6O12P/c1-4-16-54-19-21-56-22-20-55-17-7-12-40-35(48)8-5-18-57-32-23-28(2)36(29(3)24-32)58(52,53)46-33(38(50)51)27-44-37(49)30-9-10-34-31(25-30)26-45-47(34)15-6-11-41-39-42-13-14-43-39;1-2-28-27(41)22(15-20-3-5-21(6-4-20)45-46(42,43)44)29-23(34)16-30-7-9-31(17-24(35)36)11-13-33(19-26(39)40)14-12-32(10-8-30)18-25(37)38/h9-10,13-14,23-26,33,46H,4-8,11-12,15-22,27H2,1-3H3,(H,40,48)(H,44,49)(H,50,51)(H2,41,42,43);3-6,22H,2,7-19H2,1H3,(H,28,41)(H,29,34)(H,35,36)(H,37,38)(H,39,40)(H2,42,43,44)/t33-;22-/m01/s1. The number of aromatic nitrogens is 4. The number of ether oxygens (including phenoxy) is 4. The number of phosphoric acid groups is 1. The Hall–Kier alpha value is -8.72. The monoisotopic (exact) mass is 1500 g/mol. The van der Waals surface area contributed by atoms with Crippen molar-refractivity contribution in [2.45, 2.75) is 89.7 Å². The minimum absolute atomic E-state index is 0.0549. The molecule has 1 saturated heterocycles. The summed E-state index contributed by atoms with van der Waals surface area (Å²) in [4.78, 5) is 129. The normalized spacial score (nSPS) is 14.3. The summed E-state index contributed by atoms with van der Waals surface area (Å²) in [6.07, 6.45) is 8.22. The van der Waals surface area contributed by atoms with Gasteiger partial charge >= 0.3 is 31.7 Å². The molecule has 3 heterocycles. The fourth-order valence-electron chi connectivity index (χ4n) is 10.7. The lowest BCUT2D eigenvalue weighted by Gasteiger charge is -2.33. The van der Waals surface area contributed by atoms with Crippen molar-refractivity contribution in [3.05, 3.63) is 95.4 Å². The number of hydrogen-bond acceptors (Lipinski definition) is 23. The summed E-state index contributed by atoms with van der Waals surface area (Å²) in [6, 6.07) is 11.1. The summed E-state index contributed by atoms with van der Waals surface area (Å²) in [7, 11) is -9.09. The van der Waals surface area contributed by atoms with E-state index in [1.54, 1.807) is 89.3 Å². The number of anilines is 1. The summed E-state index contributed by atoms with van der Waals surface area (Å²) in [5, 5.41) is 57.1. The number of carboxylic acids is 4. The van der Waals surface area contributed by atoms with Gasteiger partial charge in [-0.3, -0.25) is 72.4 Å². The first-order valence-corrected chi connectivity index (χ1v) is 37.0. The number of likely N-dealkylation sites (N-methyl/N-ethyl adjacent to an activating group) is 1. The van der Waals surface area contributed by atoms with Crippen molar-refractivity contribution in [2.75, 3.05) is 156 Å². The second-order valence-electron chi connectivity index (χ2n) is 24.2. The molecule has 104 heavy (non-hydrogen) atoms. The lowest BCUT2D eigenvalue weighted by molar-refractivity contribution is -0.140. The Labute approximate surface area is 603 Å². The fourth-order valence-corrected chi connectivity index (χ4v) is 12.8. The molecule has 0 saturated carbocycles. The van der Waals surface area contributed by atoms with Crippen LogP contribution in [0.15, 0.2) is 78.1 Å². The van der Waals surface area contributed by atoms with Gasteiger partial charge in [-0.15, -0.1) is 0 Å². The van der Waals surface area contributed by atoms with Gasteiger partial charge in [0.1, 0.15) is 23.6 Å². The summed E-state index contributed by atoms with van der Waals surface area (Å²) < 4.78 is 68.7. The molecule has 1 aliphatic rings. The number of hydrogen-bond donors (Lipinski definition) is 13. The van der Waals surface area contributed by atoms with Crippen molar-refractivity contribution in [2.24, 2.45) is 0 Å². The third-order valence-electron chi connectivity index (χ3n) is 15.7. The quantitative estimate of drug-likeness (QED) is 0.0191. The molecule has 1 aliphatic heterocycles. The van der Waals surface area contributed by atoms with Crippen LogP contribution in [0.5, 0.6) is 11.5 Å². The topological polar surface area (TPSA) is 487 Å². The van der Waals surface area contributed by atoms with Crippen molar-refractivity contribution in [1.82, 2.24) is 65.3 Å². The molecule has 38 heteroatoms. The largest absolute Gasteiger partial charge is 0.524 e. The van der Waals surface area contributed by atoms with Crippen LogP contribution >= 0.6 is 7.82 Å². The Morgan fingerprint density at radius 2 is 1.22 bits per heavy atom. The number of aliphatic carboxylic acids is 4. The summed E-state index contributed by atoms with van der Waals surface area (Å²) in [5.74, 6) is -5.27. The van der Waals surface area contributed by atoms with Gasteiger partial charge in [-0.25, -0.2) is 18.0 Å². The molecule has 576 valence electrons. The zero-order valence-corrected chi connectivity index (χ0v) is 60.7. The number of benzene rings is 3. The van der Waals surface area contributed by atoms with E-state index in [-0.39, 0.29) is 120 Å². The summed E-state index contributed by atoms with van der Waals surface area (Å²) in [6.45, 7) is 12.8. The number of imidazole rings is 1. The Morgan fingerprint density at radius 3 is 1.76 bits per heavy atom. The number of H-pyrrole nitrogens is 1. The van der Waals surface area contributed by atoms with Crippen LogP contribution in [-0.4, -0.2) is 289 Å². The molecular formula is C66H99N14O22PS. The van der Waals surface area contributed by atoms with E-state index in [4.69, 9.17) is 28.7 Å². The number of carbonyl (C=O) groups excluding carboxylic acids is 4. The number of fused-ring (bicyclic) bond motifs is 1. The number of rotatable bonds is 44. The minimum atomic E-state index is -4.75. The molecule has 1 fully saturated rings. The SMILES string of the molecule is CCCOCCOCCOCCCNC(=O)CCCOc1cc(C)c(S(=O)(=O)N[C@@H](CNC(=O)c2ccc3c(cnn3CCCNc3ncc[nH]3)c2)C(=O)O)c(C)c1.CCNC(=O)[C@@H](Cc1ccc(OP(=O)(O)O)cc1)NC(=O)CN1CCN(CC(=O)O)CCN(CC(=O)O)CCN(CC(=O)O)CC1. The van der Waals surface area contributed by atoms with E-state index in [0.29, 0.717) is 100 Å². The predicted octanol–water partition coefficient (Wildman–Crippen LogP) is 0.962. The predicted molar refractivity (Wildman–Crippen MR) is 379 cm³/mol. The third kappa shape index (κ3) is 33.4. The van der Waals surface area contributed by atoms with Gasteiger partial charge in [-0.1, -0.05) is 19.1 Å². The maximum atomic E-state index is 13.5. The highest BCUT2D eigenvalue weighted by Crippen LogP contribution is 2.37. The van der Waals surface area contributed by atoms with Gasteiger partial charge < -0.3 is 75.5 Å². The van der Waals surface area contributed by atoms with Gasteiger partial charge in [-0.05, 0) is 106 Å². The molecule has 0 unspecified atom stereocenters. The minimum Gasteiger partial charge on any atom is -0.494 e. The van der Waals surface area contributed by atoms with Crippen molar-refractivity contribution < 1.29 is 105 Å². The van der Waals surface area contributed by atoms with E-state index in [1.165, 1.54) is 24.3 Å². The van der Waals surface area contributed by atoms with Gasteiger partial charge in [-0.2, -0.15) is 9.82 Å². The third-order valence-corrected chi connectivity index (χ3v) is 17.9. The smallest absolute Gasteiger partial charge is 0.494 e. The molecule has 36 nitrogen and oxygen atoms in total. The van der Waals surface area contributed by atoms with Crippen LogP contribution in [0, 0.1) is 13.8 Å². The van der Waals surface area contributed by atoms with Crippen LogP contribution in [-0.2, 0) is 75.3 Å². The van der Waals surface area contributed by atoms with E-state index < -0.39 is 78.1 Å². The maximum Gasteiger partial charge on any atom is 0.524 e. The summed E-state index contributed by atoms with van der Waals surface area (Å²) in [5.41, 5.74) is 2.35. The first-order chi connectivity index (χ1) is 49.6. The number of nitrogens with one attached hydrogen (secondary N) is 7. The maximum absolute atomic E-state index is 13.5. The number of carbonyl (C=O) groups is 8. The second kappa shape index (κ2) is 45.5. The molecule has 13 N–H and O–H groups in total. The number of sulfonamides is 1. The van der Waals surface area contributed by atoms with Crippen LogP contribution in [0.4, 0.5) is 5.95 Å². The Balaban J connectivity index is 0.000000385. The zero-order chi connectivity index (χ0) is 76.0. The van der Waals surface area contributed by atoms with Crippen LogP contribution in [0.3, 0.4) is 0 Å². The number of amides is 4. The number of carboxylic acid groups (broad SMARTS) is 4. The average molecular weight is 1500 g/mol. The second-order valence-corrected chi connectivity index (χ2v) is 27.0. The Kier molecular flexibility index (Phi) is 37.6. The first-order valence-electron chi connectivity index (χ1n) is 34.0. The van der Waals surface area contributed by atoms with Crippen molar-refractivity contribution in [3.8, 4) is 11.5 Å². The highest BCUT2D eigenvalue weighted by Gasteiger charge is 2.30. The molecule has 6 rings (SSSR count). The zero-order valence-electron chi connectivity index (χ0n) is 59.0. The highest BCUT2D eigenvalue weighted by atomic mass is 32.2. The average Bonchev–Trinajstić information content (AvgIpc) is 1.01. The van der Waals surface area contributed by atoms with E-state index in [0.717, 1.165) is 30.4 Å². The van der Waals surface area contributed by atoms with Crippen LogP contribution in [0.2, 0.25) is 0 Å². The molecule has 2 aromatic heterocycles. The fraction of sp³-hybridized carbons (Fsp3) is 0.545. The van der Waals surface area contributed by atoms with Gasteiger partial charge in [0.15, 0.2) is 5.95 Å². The van der Waals surface area contributed by atoms with Gasteiger partial charge in [0, 0.05) is 134 Å². The number of aromatic amines is 1. The molecule has 2 atom stereocenters. The number of nitrogens with zero attached hydrogens (tertiary/aromatic N) is 7. The summed E-state index contributed by atoms with van der Waals surface area (Å²) >= 11 is 0. The van der Waals surface area contributed by atoms with Gasteiger partial charge in [0.25, 0.3) is 5.91 Å². The van der Waals surface area contributed by atoms with Crippen molar-refractivity contribution in [1.29, 1.82) is 0 Å². The highest BCUT2D eigenvalue weighted by molar-refractivity contribution is 7.89. The Morgan fingerprint density at radius 1 is 0.644 bits per heavy atom. The van der Waals surface area contributed by atoms with E-state index >= 15 is 0 Å². The van der Waals surface area contributed by atoms with E-state index in [2.05, 4.69) is 57.8 Å². The molecule has 5 aromatic rings. The molecule has 0 spiro atoms. The molecule has 0 aliphatic carbocycles. The Bertz CT molecular complexity index is 3640. The molecule has 3 aromatic carbocycles. The van der Waals surface area contributed by atoms with Gasteiger partial charge in [0.05, 0.1) is 75.8 Å². The molecule has 0 bridgehead atoms. The molecular weight excluding hydrogens is 1400 g/mol. The van der Waals surface area contributed by atoms with Crippen LogP contribution in [0.1, 0.15) is 73.0 Å². The van der Waals surface area contributed by atoms with Gasteiger partial charge in [0.2, 0.25) is 27.7 Å². The van der Waals surface area contributed by atoms with E-state index in [9.17, 15) is 71.8 Å². The number of aryl methyl sites for hydroxylation is 3.